The third kappa shape index (κ3) is 5.01. The molecule has 0 unspecified atom stereocenters. The zero-order chi connectivity index (χ0) is 21.0. The van der Waals surface area contributed by atoms with Crippen molar-refractivity contribution in [1.82, 2.24) is 19.4 Å². The zero-order valence-corrected chi connectivity index (χ0v) is 19.1. The van der Waals surface area contributed by atoms with Crippen LogP contribution in [-0.4, -0.2) is 60.6 Å². The average molecular weight is 451 g/mol. The molecular weight excluding hydrogens is 420 g/mol. The van der Waals surface area contributed by atoms with E-state index in [9.17, 15) is 8.42 Å². The van der Waals surface area contributed by atoms with Crippen LogP contribution < -0.4 is 4.74 Å². The van der Waals surface area contributed by atoms with Crippen LogP contribution in [0.3, 0.4) is 0 Å². The highest BCUT2D eigenvalue weighted by atomic mass is 32.2. The van der Waals surface area contributed by atoms with Crippen LogP contribution in [0.5, 0.6) is 5.19 Å². The maximum atomic E-state index is 13.1. The van der Waals surface area contributed by atoms with Gasteiger partial charge < -0.3 is 4.74 Å². The van der Waals surface area contributed by atoms with Gasteiger partial charge in [-0.25, -0.2) is 8.42 Å². The molecule has 2 aliphatic rings. The van der Waals surface area contributed by atoms with Crippen LogP contribution in [0.15, 0.2) is 29.2 Å². The van der Waals surface area contributed by atoms with Gasteiger partial charge in [0.15, 0.2) is 0 Å². The summed E-state index contributed by atoms with van der Waals surface area (Å²) in [4.78, 5) is 2.62. The molecule has 0 radical (unpaired) electrons. The number of rotatable bonds is 7. The second-order valence-corrected chi connectivity index (χ2v) is 10.9. The Balaban J connectivity index is 1.33. The van der Waals surface area contributed by atoms with E-state index in [0.29, 0.717) is 55.3 Å². The maximum Gasteiger partial charge on any atom is 0.294 e. The van der Waals surface area contributed by atoms with Gasteiger partial charge in [-0.1, -0.05) is 42.7 Å². The van der Waals surface area contributed by atoms with Crippen molar-refractivity contribution in [2.45, 2.75) is 56.4 Å². The Hall–Kier alpha value is -1.55. The quantitative estimate of drug-likeness (QED) is 0.643. The third-order valence-electron chi connectivity index (χ3n) is 6.00. The lowest BCUT2D eigenvalue weighted by molar-refractivity contribution is 0.181. The first kappa shape index (κ1) is 21.7. The molecule has 2 fully saturated rings. The second kappa shape index (κ2) is 9.72. The molecule has 9 heteroatoms. The molecule has 30 heavy (non-hydrogen) atoms. The highest BCUT2D eigenvalue weighted by Gasteiger charge is 2.29. The van der Waals surface area contributed by atoms with Gasteiger partial charge in [0.05, 0.1) is 18.0 Å². The van der Waals surface area contributed by atoms with Gasteiger partial charge in [-0.3, -0.25) is 4.90 Å². The van der Waals surface area contributed by atoms with E-state index < -0.39 is 10.0 Å². The molecule has 0 N–H and O–H groups in total. The predicted octanol–water partition coefficient (Wildman–Crippen LogP) is 3.49. The van der Waals surface area contributed by atoms with E-state index in [2.05, 4.69) is 15.1 Å². The largest absolute Gasteiger partial charge is 0.469 e. The second-order valence-electron chi connectivity index (χ2n) is 7.98. The molecule has 4 rings (SSSR count). The van der Waals surface area contributed by atoms with Crippen molar-refractivity contribution in [3.8, 4) is 5.19 Å². The van der Waals surface area contributed by atoms with E-state index in [4.69, 9.17) is 4.74 Å². The molecule has 0 atom stereocenters. The fraction of sp³-hybridized carbons (Fsp3) is 0.619. The number of nitrogens with zero attached hydrogens (tertiary/aromatic N) is 4. The minimum Gasteiger partial charge on any atom is -0.469 e. The molecule has 1 saturated heterocycles. The molecule has 1 saturated carbocycles. The van der Waals surface area contributed by atoms with Crippen LogP contribution >= 0.6 is 11.3 Å². The smallest absolute Gasteiger partial charge is 0.294 e. The van der Waals surface area contributed by atoms with Crippen LogP contribution in [-0.2, 0) is 16.6 Å². The molecule has 2 heterocycles. The number of hydrogen-bond donors (Lipinski definition) is 0. The van der Waals surface area contributed by atoms with Gasteiger partial charge in [-0.15, -0.1) is 10.2 Å². The third-order valence-corrected chi connectivity index (χ3v) is 8.73. The Morgan fingerprint density at radius 3 is 2.40 bits per heavy atom. The lowest BCUT2D eigenvalue weighted by Gasteiger charge is -2.33. The summed E-state index contributed by atoms with van der Waals surface area (Å²) < 4.78 is 33.1. The van der Waals surface area contributed by atoms with Gasteiger partial charge in [-0.2, -0.15) is 4.31 Å². The lowest BCUT2D eigenvalue weighted by atomic mass is 9.84. The fourth-order valence-electron chi connectivity index (χ4n) is 4.30. The molecule has 1 aromatic heterocycles. The van der Waals surface area contributed by atoms with E-state index in [0.717, 1.165) is 5.01 Å². The summed E-state index contributed by atoms with van der Waals surface area (Å²) in [5.74, 6) is 0.586. The monoisotopic (exact) mass is 450 g/mol. The van der Waals surface area contributed by atoms with Crippen molar-refractivity contribution >= 4 is 21.4 Å². The maximum absolute atomic E-state index is 13.1. The Bertz CT molecular complexity index is 916. The Labute approximate surface area is 183 Å². The molecule has 164 valence electrons. The molecule has 0 bridgehead atoms. The normalized spacial score (nSPS) is 19.8. The van der Waals surface area contributed by atoms with Crippen molar-refractivity contribution < 1.29 is 13.2 Å². The van der Waals surface area contributed by atoms with Gasteiger partial charge in [0.25, 0.3) is 5.19 Å². The topological polar surface area (TPSA) is 75.6 Å². The van der Waals surface area contributed by atoms with E-state index >= 15 is 0 Å². The van der Waals surface area contributed by atoms with Crippen LogP contribution in [0.2, 0.25) is 0 Å². The van der Waals surface area contributed by atoms with Crippen molar-refractivity contribution in [3.63, 3.8) is 0 Å². The minimum absolute atomic E-state index is 0.404. The van der Waals surface area contributed by atoms with Gasteiger partial charge in [-0.05, 0) is 43.4 Å². The highest BCUT2D eigenvalue weighted by Crippen LogP contribution is 2.33. The molecule has 7 nitrogen and oxygen atoms in total. The molecule has 1 aliphatic heterocycles. The summed E-state index contributed by atoms with van der Waals surface area (Å²) in [6, 6.07) is 7.62. The van der Waals surface area contributed by atoms with Crippen molar-refractivity contribution in [1.29, 1.82) is 0 Å². The molecule has 0 spiro atoms. The highest BCUT2D eigenvalue weighted by molar-refractivity contribution is 7.89. The van der Waals surface area contributed by atoms with E-state index in [1.807, 2.05) is 19.1 Å². The number of piperazine rings is 1. The van der Waals surface area contributed by atoms with Gasteiger partial charge in [0.2, 0.25) is 10.0 Å². The van der Waals surface area contributed by atoms with Crippen LogP contribution in [0, 0.1) is 0 Å². The van der Waals surface area contributed by atoms with E-state index in [1.165, 1.54) is 49.0 Å². The molecule has 1 aromatic carbocycles. The first-order chi connectivity index (χ1) is 14.6. The Kier molecular flexibility index (Phi) is 7.02. The summed E-state index contributed by atoms with van der Waals surface area (Å²) in [6.45, 7) is 5.52. The first-order valence-corrected chi connectivity index (χ1v) is 13.1. The molecule has 0 amide bonds. The van der Waals surface area contributed by atoms with Crippen molar-refractivity contribution in [3.05, 3.63) is 34.8 Å². The van der Waals surface area contributed by atoms with Gasteiger partial charge in [0, 0.05) is 26.2 Å². The predicted molar refractivity (Wildman–Crippen MR) is 117 cm³/mol. The number of ether oxygens (including phenoxy) is 1. The summed E-state index contributed by atoms with van der Waals surface area (Å²) >= 11 is 1.45. The zero-order valence-electron chi connectivity index (χ0n) is 17.5. The van der Waals surface area contributed by atoms with E-state index in [1.54, 1.807) is 16.4 Å². The number of sulfonamides is 1. The number of benzene rings is 1. The molecule has 1 aliphatic carbocycles. The van der Waals surface area contributed by atoms with Crippen LogP contribution in [0.4, 0.5) is 0 Å². The van der Waals surface area contributed by atoms with Crippen molar-refractivity contribution in [2.24, 2.45) is 0 Å². The van der Waals surface area contributed by atoms with Crippen LogP contribution in [0.1, 0.15) is 55.5 Å². The van der Waals surface area contributed by atoms with Gasteiger partial charge in [0.1, 0.15) is 5.01 Å². The molecule has 2 aromatic rings. The lowest BCUT2D eigenvalue weighted by Crippen LogP contribution is -2.48. The summed E-state index contributed by atoms with van der Waals surface area (Å²) in [6.07, 6.45) is 6.31. The van der Waals surface area contributed by atoms with E-state index in [-0.39, 0.29) is 0 Å². The summed E-state index contributed by atoms with van der Waals surface area (Å²) in [5.41, 5.74) is 1.28. The Morgan fingerprint density at radius 1 is 1.03 bits per heavy atom. The number of aromatic nitrogens is 2. The minimum atomic E-state index is -3.45. The first-order valence-electron chi connectivity index (χ1n) is 10.8. The fourth-order valence-corrected chi connectivity index (χ4v) is 6.51. The molecular formula is C21H30N4O3S2. The summed E-state index contributed by atoms with van der Waals surface area (Å²) in [5, 5.41) is 9.66. The summed E-state index contributed by atoms with van der Waals surface area (Å²) in [7, 11) is -3.45. The van der Waals surface area contributed by atoms with Gasteiger partial charge >= 0.3 is 0 Å². The average Bonchev–Trinajstić information content (AvgIpc) is 3.22. The number of hydrogen-bond acceptors (Lipinski definition) is 7. The standard InChI is InChI=1S/C21H30N4O3S2/c1-2-28-21-23-22-20(29-21)16-24-12-14-25(15-13-24)30(26,27)19-10-8-18(9-11-19)17-6-4-3-5-7-17/h8-11,17H,2-7,12-16H2,1H3. The van der Waals surface area contributed by atoms with Crippen LogP contribution in [0.25, 0.3) is 0 Å². The Morgan fingerprint density at radius 2 is 1.73 bits per heavy atom. The van der Waals surface area contributed by atoms with Crippen molar-refractivity contribution in [2.75, 3.05) is 32.8 Å². The SMILES string of the molecule is CCOc1nnc(CN2CCN(S(=O)(=O)c3ccc(C4CCCCC4)cc3)CC2)s1.